The van der Waals surface area contributed by atoms with E-state index in [1.165, 1.54) is 25.3 Å². The first-order valence-electron chi connectivity index (χ1n) is 6.31. The van der Waals surface area contributed by atoms with Gasteiger partial charge in [0.2, 0.25) is 0 Å². The maximum atomic E-state index is 13.8. The zero-order valence-corrected chi connectivity index (χ0v) is 11.0. The number of aliphatic hydroxyl groups excluding tert-OH is 1. The number of rotatable bonds is 3. The number of aliphatic hydroxyl groups is 1. The highest BCUT2D eigenvalue weighted by molar-refractivity contribution is 8.00. The zero-order valence-electron chi connectivity index (χ0n) is 10.2. The first-order chi connectivity index (χ1) is 8.18. The van der Waals surface area contributed by atoms with Crippen LogP contribution in [0.25, 0.3) is 0 Å². The van der Waals surface area contributed by atoms with Crippen molar-refractivity contribution in [3.63, 3.8) is 0 Å². The van der Waals surface area contributed by atoms with E-state index in [9.17, 15) is 9.50 Å². The highest BCUT2D eigenvalue weighted by Crippen LogP contribution is 2.38. The molecule has 1 aliphatic carbocycles. The van der Waals surface area contributed by atoms with Crippen molar-refractivity contribution in [2.75, 3.05) is 0 Å². The second-order valence-electron chi connectivity index (χ2n) is 4.71. The van der Waals surface area contributed by atoms with E-state index in [0.717, 1.165) is 18.4 Å². The van der Waals surface area contributed by atoms with Gasteiger partial charge in [-0.15, -0.1) is 11.8 Å². The lowest BCUT2D eigenvalue weighted by Gasteiger charge is -2.23. The molecule has 0 radical (unpaired) electrons. The summed E-state index contributed by atoms with van der Waals surface area (Å²) in [6, 6.07) is 4.97. The Morgan fingerprint density at radius 2 is 2.00 bits per heavy atom. The van der Waals surface area contributed by atoms with Crippen LogP contribution >= 0.6 is 11.8 Å². The Kier molecular flexibility index (Phi) is 4.46. The van der Waals surface area contributed by atoms with Gasteiger partial charge in [0.15, 0.2) is 0 Å². The molecule has 1 aromatic carbocycles. The molecule has 0 aromatic heterocycles. The van der Waals surface area contributed by atoms with Crippen LogP contribution < -0.4 is 0 Å². The molecular weight excluding hydrogens is 235 g/mol. The van der Waals surface area contributed by atoms with Gasteiger partial charge in [0.1, 0.15) is 5.82 Å². The van der Waals surface area contributed by atoms with Crippen molar-refractivity contribution < 1.29 is 9.50 Å². The van der Waals surface area contributed by atoms with Gasteiger partial charge in [-0.3, -0.25) is 0 Å². The summed E-state index contributed by atoms with van der Waals surface area (Å²) in [5.74, 6) is -0.195. The van der Waals surface area contributed by atoms with Gasteiger partial charge in [-0.2, -0.15) is 0 Å². The Bertz CT molecular complexity index is 372. The molecule has 1 saturated carbocycles. The van der Waals surface area contributed by atoms with Crippen LogP contribution in [0.1, 0.15) is 50.7 Å². The molecule has 2 rings (SSSR count). The van der Waals surface area contributed by atoms with Crippen molar-refractivity contribution in [1.29, 1.82) is 0 Å². The predicted octanol–water partition coefficient (Wildman–Crippen LogP) is 4.30. The monoisotopic (exact) mass is 254 g/mol. The Hall–Kier alpha value is -0.540. The third-order valence-electron chi connectivity index (χ3n) is 3.28. The van der Waals surface area contributed by atoms with Gasteiger partial charge < -0.3 is 5.11 Å². The van der Waals surface area contributed by atoms with Crippen LogP contribution in [0, 0.1) is 5.82 Å². The highest BCUT2D eigenvalue weighted by atomic mass is 32.2. The summed E-state index contributed by atoms with van der Waals surface area (Å²) < 4.78 is 13.8. The number of hydrogen-bond acceptors (Lipinski definition) is 2. The van der Waals surface area contributed by atoms with Crippen LogP contribution in [-0.2, 0) is 0 Å². The van der Waals surface area contributed by atoms with Gasteiger partial charge in [-0.1, -0.05) is 31.4 Å². The summed E-state index contributed by atoms with van der Waals surface area (Å²) in [5, 5.41) is 10.2. The summed E-state index contributed by atoms with van der Waals surface area (Å²) in [6.07, 6.45) is 5.53. The molecule has 0 bridgehead atoms. The molecule has 1 aromatic rings. The van der Waals surface area contributed by atoms with Crippen molar-refractivity contribution in [1.82, 2.24) is 0 Å². The first kappa shape index (κ1) is 12.9. The number of benzene rings is 1. The molecule has 17 heavy (non-hydrogen) atoms. The molecule has 1 N–H and O–H groups in total. The van der Waals surface area contributed by atoms with Crippen molar-refractivity contribution >= 4 is 11.8 Å². The van der Waals surface area contributed by atoms with Crippen LogP contribution in [-0.4, -0.2) is 10.4 Å². The van der Waals surface area contributed by atoms with Crippen molar-refractivity contribution in [3.05, 3.63) is 29.6 Å². The summed E-state index contributed by atoms with van der Waals surface area (Å²) in [4.78, 5) is 0.648. The van der Waals surface area contributed by atoms with E-state index < -0.39 is 6.10 Å². The molecule has 3 heteroatoms. The van der Waals surface area contributed by atoms with E-state index in [4.69, 9.17) is 0 Å². The van der Waals surface area contributed by atoms with Crippen LogP contribution in [0.4, 0.5) is 4.39 Å². The fourth-order valence-corrected chi connectivity index (χ4v) is 3.79. The average molecular weight is 254 g/mol. The number of hydrogen-bond donors (Lipinski definition) is 1. The minimum Gasteiger partial charge on any atom is -0.389 e. The second kappa shape index (κ2) is 5.87. The lowest BCUT2D eigenvalue weighted by Crippen LogP contribution is -2.09. The molecule has 1 fully saturated rings. The van der Waals surface area contributed by atoms with Crippen molar-refractivity contribution in [2.24, 2.45) is 0 Å². The standard InChI is InChI=1S/C14H19FOS/c1-10(16)12-8-5-9-13(15)14(12)17-11-6-3-2-4-7-11/h5,8-11,16H,2-4,6-7H2,1H3/t10-/m0/s1. The Morgan fingerprint density at radius 3 is 2.65 bits per heavy atom. The molecule has 0 unspecified atom stereocenters. The summed E-state index contributed by atoms with van der Waals surface area (Å²) in [6.45, 7) is 1.69. The predicted molar refractivity (Wildman–Crippen MR) is 69.8 cm³/mol. The van der Waals surface area contributed by atoms with Gasteiger partial charge in [-0.25, -0.2) is 4.39 Å². The van der Waals surface area contributed by atoms with E-state index in [1.807, 2.05) is 6.07 Å². The maximum Gasteiger partial charge on any atom is 0.137 e. The van der Waals surface area contributed by atoms with Gasteiger partial charge in [0, 0.05) is 10.1 Å². The Morgan fingerprint density at radius 1 is 1.29 bits per heavy atom. The largest absolute Gasteiger partial charge is 0.389 e. The molecule has 0 saturated heterocycles. The molecule has 1 aliphatic rings. The van der Waals surface area contributed by atoms with E-state index in [-0.39, 0.29) is 5.82 Å². The number of thioether (sulfide) groups is 1. The molecule has 0 aliphatic heterocycles. The summed E-state index contributed by atoms with van der Waals surface area (Å²) in [7, 11) is 0. The minimum atomic E-state index is -0.600. The lowest BCUT2D eigenvalue weighted by molar-refractivity contribution is 0.195. The van der Waals surface area contributed by atoms with E-state index in [0.29, 0.717) is 10.1 Å². The Labute approximate surface area is 106 Å². The average Bonchev–Trinajstić information content (AvgIpc) is 2.33. The Balaban J connectivity index is 2.18. The van der Waals surface area contributed by atoms with Crippen LogP contribution in [0.2, 0.25) is 0 Å². The fraction of sp³-hybridized carbons (Fsp3) is 0.571. The topological polar surface area (TPSA) is 20.2 Å². The highest BCUT2D eigenvalue weighted by Gasteiger charge is 2.20. The van der Waals surface area contributed by atoms with Gasteiger partial charge in [0.25, 0.3) is 0 Å². The van der Waals surface area contributed by atoms with Gasteiger partial charge in [-0.05, 0) is 31.4 Å². The zero-order chi connectivity index (χ0) is 12.3. The third-order valence-corrected chi connectivity index (χ3v) is 4.76. The lowest BCUT2D eigenvalue weighted by atomic mass is 10.0. The van der Waals surface area contributed by atoms with Crippen LogP contribution in [0.3, 0.4) is 0 Å². The van der Waals surface area contributed by atoms with Crippen LogP contribution in [0.15, 0.2) is 23.1 Å². The molecule has 0 spiro atoms. The molecule has 1 atom stereocenters. The smallest absolute Gasteiger partial charge is 0.137 e. The molecule has 94 valence electrons. The van der Waals surface area contributed by atoms with Crippen molar-refractivity contribution in [3.8, 4) is 0 Å². The molecule has 1 nitrogen and oxygen atoms in total. The summed E-state index contributed by atoms with van der Waals surface area (Å²) >= 11 is 1.61. The number of halogens is 1. The molecular formula is C14H19FOS. The summed E-state index contributed by atoms with van der Waals surface area (Å²) in [5.41, 5.74) is 0.723. The second-order valence-corrected chi connectivity index (χ2v) is 6.02. The quantitative estimate of drug-likeness (QED) is 0.867. The minimum absolute atomic E-state index is 0.195. The van der Waals surface area contributed by atoms with E-state index in [2.05, 4.69) is 0 Å². The van der Waals surface area contributed by atoms with Gasteiger partial charge >= 0.3 is 0 Å². The first-order valence-corrected chi connectivity index (χ1v) is 7.19. The van der Waals surface area contributed by atoms with E-state index >= 15 is 0 Å². The molecule has 0 amide bonds. The van der Waals surface area contributed by atoms with Crippen LogP contribution in [0.5, 0.6) is 0 Å². The maximum absolute atomic E-state index is 13.8. The van der Waals surface area contributed by atoms with E-state index in [1.54, 1.807) is 24.8 Å². The third kappa shape index (κ3) is 3.23. The fourth-order valence-electron chi connectivity index (χ4n) is 2.33. The normalized spacial score (nSPS) is 19.2. The SMILES string of the molecule is C[C@H](O)c1cccc(F)c1SC1CCCCC1. The van der Waals surface area contributed by atoms with Crippen molar-refractivity contribution in [2.45, 2.75) is 55.3 Å². The molecule has 0 heterocycles. The van der Waals surface area contributed by atoms with Gasteiger partial charge in [0.05, 0.1) is 6.10 Å².